The largest absolute Gasteiger partial charge is 0.481 e. The van der Waals surface area contributed by atoms with Crippen LogP contribution in [0.5, 0.6) is 11.5 Å². The number of hydrogen-bond donors (Lipinski definition) is 1. The number of piperidine rings is 1. The van der Waals surface area contributed by atoms with Crippen molar-refractivity contribution in [2.75, 3.05) is 13.1 Å². The third kappa shape index (κ3) is 4.50. The Balaban J connectivity index is 1.75. The number of aliphatic carboxylic acids is 1. The number of carboxylic acid groups (broad SMARTS) is 1. The predicted octanol–water partition coefficient (Wildman–Crippen LogP) is 4.57. The van der Waals surface area contributed by atoms with Gasteiger partial charge in [-0.25, -0.2) is 4.39 Å². The van der Waals surface area contributed by atoms with Crippen LogP contribution in [-0.2, 0) is 11.3 Å². The van der Waals surface area contributed by atoms with E-state index in [4.69, 9.17) is 16.3 Å². The molecule has 0 radical (unpaired) electrons. The molecule has 0 aliphatic carbocycles. The van der Waals surface area contributed by atoms with Gasteiger partial charge in [0.1, 0.15) is 17.3 Å². The zero-order chi connectivity index (χ0) is 17.8. The summed E-state index contributed by atoms with van der Waals surface area (Å²) < 4.78 is 19.1. The van der Waals surface area contributed by atoms with E-state index in [1.165, 1.54) is 18.2 Å². The number of hydrogen-bond acceptors (Lipinski definition) is 3. The third-order valence-electron chi connectivity index (χ3n) is 4.34. The van der Waals surface area contributed by atoms with Gasteiger partial charge in [-0.15, -0.1) is 0 Å². The number of nitrogens with zero attached hydrogens (tertiary/aromatic N) is 1. The predicted molar refractivity (Wildman–Crippen MR) is 93.6 cm³/mol. The lowest BCUT2D eigenvalue weighted by Gasteiger charge is -2.31. The average Bonchev–Trinajstić information content (AvgIpc) is 2.59. The van der Waals surface area contributed by atoms with Crippen LogP contribution in [0.4, 0.5) is 4.39 Å². The number of benzene rings is 2. The van der Waals surface area contributed by atoms with Crippen LogP contribution in [0.1, 0.15) is 18.4 Å². The van der Waals surface area contributed by atoms with E-state index < -0.39 is 11.8 Å². The van der Waals surface area contributed by atoms with Crippen LogP contribution < -0.4 is 4.74 Å². The topological polar surface area (TPSA) is 49.8 Å². The van der Waals surface area contributed by atoms with Crippen molar-refractivity contribution in [2.45, 2.75) is 19.4 Å². The van der Waals surface area contributed by atoms with Crippen LogP contribution in [0.3, 0.4) is 0 Å². The second-order valence-corrected chi connectivity index (χ2v) is 6.60. The Morgan fingerprint density at radius 2 is 2.08 bits per heavy atom. The van der Waals surface area contributed by atoms with Crippen molar-refractivity contribution in [2.24, 2.45) is 5.92 Å². The highest BCUT2D eigenvalue weighted by atomic mass is 35.5. The number of para-hydroxylation sites is 1. The summed E-state index contributed by atoms with van der Waals surface area (Å²) in [7, 11) is 0. The summed E-state index contributed by atoms with van der Waals surface area (Å²) in [5.41, 5.74) is 0.939. The van der Waals surface area contributed by atoms with Gasteiger partial charge in [-0.1, -0.05) is 29.8 Å². The highest BCUT2D eigenvalue weighted by Gasteiger charge is 2.25. The first-order valence-electron chi connectivity index (χ1n) is 8.19. The summed E-state index contributed by atoms with van der Waals surface area (Å²) in [6.45, 7) is 1.98. The Hall–Kier alpha value is -2.11. The van der Waals surface area contributed by atoms with Crippen molar-refractivity contribution >= 4 is 17.6 Å². The van der Waals surface area contributed by atoms with E-state index >= 15 is 0 Å². The van der Waals surface area contributed by atoms with Gasteiger partial charge in [-0.2, -0.15) is 0 Å². The summed E-state index contributed by atoms with van der Waals surface area (Å²) >= 11 is 6.04. The maximum Gasteiger partial charge on any atom is 0.307 e. The fourth-order valence-electron chi connectivity index (χ4n) is 3.05. The van der Waals surface area contributed by atoms with Gasteiger partial charge < -0.3 is 9.84 Å². The molecule has 132 valence electrons. The Labute approximate surface area is 150 Å². The van der Waals surface area contributed by atoms with Gasteiger partial charge in [0.05, 0.1) is 10.9 Å². The van der Waals surface area contributed by atoms with E-state index in [0.717, 1.165) is 24.9 Å². The van der Waals surface area contributed by atoms with Gasteiger partial charge in [0, 0.05) is 18.7 Å². The molecule has 1 aliphatic rings. The fourth-order valence-corrected chi connectivity index (χ4v) is 3.26. The minimum absolute atomic E-state index is 0.207. The lowest BCUT2D eigenvalue weighted by Crippen LogP contribution is -2.38. The third-order valence-corrected chi connectivity index (χ3v) is 4.63. The number of carboxylic acids is 1. The van der Waals surface area contributed by atoms with Crippen LogP contribution in [-0.4, -0.2) is 29.1 Å². The number of ether oxygens (including phenoxy) is 1. The van der Waals surface area contributed by atoms with Gasteiger partial charge >= 0.3 is 5.97 Å². The summed E-state index contributed by atoms with van der Waals surface area (Å²) in [5.74, 6) is -0.467. The molecule has 0 spiro atoms. The van der Waals surface area contributed by atoms with Crippen molar-refractivity contribution < 1.29 is 19.0 Å². The van der Waals surface area contributed by atoms with Gasteiger partial charge in [0.2, 0.25) is 0 Å². The molecule has 0 saturated carbocycles. The first-order chi connectivity index (χ1) is 12.0. The van der Waals surface area contributed by atoms with Gasteiger partial charge in [0.25, 0.3) is 0 Å². The second-order valence-electron chi connectivity index (χ2n) is 6.20. The Kier molecular flexibility index (Phi) is 5.56. The normalized spacial score (nSPS) is 18.1. The monoisotopic (exact) mass is 363 g/mol. The minimum atomic E-state index is -0.743. The van der Waals surface area contributed by atoms with Crippen molar-refractivity contribution in [3.63, 3.8) is 0 Å². The van der Waals surface area contributed by atoms with Crippen LogP contribution in [0.2, 0.25) is 5.02 Å². The van der Waals surface area contributed by atoms with Crippen molar-refractivity contribution in [3.05, 3.63) is 58.9 Å². The lowest BCUT2D eigenvalue weighted by molar-refractivity contribution is -0.143. The molecule has 1 atom stereocenters. The first kappa shape index (κ1) is 17.7. The molecular formula is C19H19ClFNO3. The van der Waals surface area contributed by atoms with Crippen LogP contribution in [0, 0.1) is 11.7 Å². The SMILES string of the molecule is O=C(O)C1CCCN(Cc2ccccc2Oc2ccc(F)cc2Cl)C1. The molecule has 1 N–H and O–H groups in total. The molecule has 1 aliphatic heterocycles. The van der Waals surface area contributed by atoms with Gasteiger partial charge in [0.15, 0.2) is 0 Å². The zero-order valence-electron chi connectivity index (χ0n) is 13.6. The molecule has 2 aromatic carbocycles. The van der Waals surface area contributed by atoms with Crippen molar-refractivity contribution in [1.29, 1.82) is 0 Å². The van der Waals surface area contributed by atoms with E-state index in [1.807, 2.05) is 24.3 Å². The smallest absolute Gasteiger partial charge is 0.307 e. The number of halogens is 2. The molecule has 1 heterocycles. The van der Waals surface area contributed by atoms with E-state index in [-0.39, 0.29) is 10.9 Å². The molecule has 4 nitrogen and oxygen atoms in total. The number of carbonyl (C=O) groups is 1. The molecule has 0 bridgehead atoms. The molecule has 2 aromatic rings. The Morgan fingerprint density at radius 3 is 2.84 bits per heavy atom. The van der Waals surface area contributed by atoms with Crippen LogP contribution in [0.15, 0.2) is 42.5 Å². The molecule has 6 heteroatoms. The molecule has 0 aromatic heterocycles. The Morgan fingerprint density at radius 1 is 1.28 bits per heavy atom. The lowest BCUT2D eigenvalue weighted by atomic mass is 9.98. The quantitative estimate of drug-likeness (QED) is 0.845. The van der Waals surface area contributed by atoms with Crippen LogP contribution >= 0.6 is 11.6 Å². The summed E-state index contributed by atoms with van der Waals surface area (Å²) in [4.78, 5) is 13.4. The van der Waals surface area contributed by atoms with E-state index in [2.05, 4.69) is 4.90 Å². The van der Waals surface area contributed by atoms with E-state index in [0.29, 0.717) is 24.6 Å². The summed E-state index contributed by atoms with van der Waals surface area (Å²) in [6, 6.07) is 11.5. The van der Waals surface area contributed by atoms with E-state index in [9.17, 15) is 14.3 Å². The second kappa shape index (κ2) is 7.85. The molecule has 1 saturated heterocycles. The molecular weight excluding hydrogens is 345 g/mol. The maximum absolute atomic E-state index is 13.2. The number of likely N-dealkylation sites (tertiary alicyclic amines) is 1. The highest BCUT2D eigenvalue weighted by molar-refractivity contribution is 6.32. The highest BCUT2D eigenvalue weighted by Crippen LogP contribution is 2.32. The van der Waals surface area contributed by atoms with Gasteiger partial charge in [-0.3, -0.25) is 9.69 Å². The average molecular weight is 364 g/mol. The summed E-state index contributed by atoms with van der Waals surface area (Å²) in [5, 5.41) is 9.43. The minimum Gasteiger partial charge on any atom is -0.481 e. The zero-order valence-corrected chi connectivity index (χ0v) is 14.4. The van der Waals surface area contributed by atoms with Crippen LogP contribution in [0.25, 0.3) is 0 Å². The molecule has 0 amide bonds. The fraction of sp³-hybridized carbons (Fsp3) is 0.316. The standard InChI is InChI=1S/C19H19ClFNO3/c20-16-10-15(21)7-8-18(16)25-17-6-2-1-4-13(17)11-22-9-3-5-14(12-22)19(23)24/h1-2,4,6-8,10,14H,3,5,9,11-12H2,(H,23,24). The van der Waals surface area contributed by atoms with Crippen molar-refractivity contribution in [3.8, 4) is 11.5 Å². The first-order valence-corrected chi connectivity index (χ1v) is 8.56. The van der Waals surface area contributed by atoms with Gasteiger partial charge in [-0.05, 0) is 43.7 Å². The molecule has 1 fully saturated rings. The molecule has 1 unspecified atom stereocenters. The van der Waals surface area contributed by atoms with Crippen molar-refractivity contribution in [1.82, 2.24) is 4.90 Å². The Bertz CT molecular complexity index is 768. The molecule has 25 heavy (non-hydrogen) atoms. The van der Waals surface area contributed by atoms with E-state index in [1.54, 1.807) is 0 Å². The number of rotatable bonds is 5. The maximum atomic E-state index is 13.2. The summed E-state index contributed by atoms with van der Waals surface area (Å²) in [6.07, 6.45) is 1.58. The molecule has 3 rings (SSSR count).